The van der Waals surface area contributed by atoms with E-state index in [9.17, 15) is 4.79 Å². The van der Waals surface area contributed by atoms with Crippen molar-refractivity contribution in [2.45, 2.75) is 32.6 Å². The third kappa shape index (κ3) is 5.38. The summed E-state index contributed by atoms with van der Waals surface area (Å²) in [5.41, 5.74) is 0.733. The number of carbonyl (C=O) groups is 1. The number of amides is 1. The Balaban J connectivity index is 2.43. The molecule has 0 heterocycles. The minimum atomic E-state index is -0.0851. The fraction of sp³-hybridized carbons (Fsp3) is 0.429. The zero-order valence-electron chi connectivity index (χ0n) is 10.4. The van der Waals surface area contributed by atoms with Gasteiger partial charge in [-0.25, -0.2) is 0 Å². The van der Waals surface area contributed by atoms with Gasteiger partial charge in [-0.2, -0.15) is 0 Å². The molecule has 0 aliphatic heterocycles. The highest BCUT2D eigenvalue weighted by atomic mass is 16.5. The standard InChI is InChI=1S/C14H20NO2/c1-3-4-5-8-11-17-14-10-7-6-9-13(14)15-12(2)16/h6-7,9-10H,1,3-5,8,11H2,2H3,(H,15,16). The second kappa shape index (κ2) is 7.71. The van der Waals surface area contributed by atoms with Gasteiger partial charge in [-0.05, 0) is 18.6 Å². The molecular formula is C14H20NO2. The molecule has 93 valence electrons. The number of ether oxygens (including phenoxy) is 1. The topological polar surface area (TPSA) is 38.3 Å². The second-order valence-corrected chi connectivity index (χ2v) is 3.94. The summed E-state index contributed by atoms with van der Waals surface area (Å²) in [7, 11) is 0. The number of rotatable bonds is 7. The number of hydrogen-bond donors (Lipinski definition) is 1. The summed E-state index contributed by atoms with van der Waals surface area (Å²) in [6.45, 7) is 5.97. The van der Waals surface area contributed by atoms with E-state index in [0.717, 1.165) is 37.1 Å². The van der Waals surface area contributed by atoms with E-state index < -0.39 is 0 Å². The van der Waals surface area contributed by atoms with Crippen LogP contribution in [0.5, 0.6) is 5.75 Å². The van der Waals surface area contributed by atoms with Crippen molar-refractivity contribution < 1.29 is 9.53 Å². The summed E-state index contributed by atoms with van der Waals surface area (Å²) in [4.78, 5) is 11.0. The van der Waals surface area contributed by atoms with Gasteiger partial charge in [0.25, 0.3) is 0 Å². The van der Waals surface area contributed by atoms with Gasteiger partial charge in [0, 0.05) is 6.92 Å². The van der Waals surface area contributed by atoms with E-state index >= 15 is 0 Å². The minimum absolute atomic E-state index is 0.0851. The predicted molar refractivity (Wildman–Crippen MR) is 70.1 cm³/mol. The molecule has 1 aromatic rings. The first-order valence-electron chi connectivity index (χ1n) is 6.02. The van der Waals surface area contributed by atoms with Gasteiger partial charge < -0.3 is 10.1 Å². The van der Waals surface area contributed by atoms with Crippen molar-refractivity contribution in [2.24, 2.45) is 0 Å². The summed E-state index contributed by atoms with van der Waals surface area (Å²) in [5, 5.41) is 2.75. The normalized spacial score (nSPS) is 10.0. The number of hydrogen-bond acceptors (Lipinski definition) is 2. The molecule has 0 aliphatic rings. The van der Waals surface area contributed by atoms with Crippen molar-refractivity contribution in [1.82, 2.24) is 0 Å². The maximum atomic E-state index is 11.0. The zero-order valence-corrected chi connectivity index (χ0v) is 10.4. The van der Waals surface area contributed by atoms with Crippen molar-refractivity contribution in [2.75, 3.05) is 11.9 Å². The Morgan fingerprint density at radius 2 is 2.06 bits per heavy atom. The van der Waals surface area contributed by atoms with Crippen LogP contribution in [0, 0.1) is 6.92 Å². The summed E-state index contributed by atoms with van der Waals surface area (Å²) in [6, 6.07) is 7.48. The fourth-order valence-corrected chi connectivity index (χ4v) is 1.52. The van der Waals surface area contributed by atoms with Crippen LogP contribution in [0.15, 0.2) is 24.3 Å². The van der Waals surface area contributed by atoms with Crippen LogP contribution in [0.1, 0.15) is 32.6 Å². The van der Waals surface area contributed by atoms with Crippen LogP contribution in [0.2, 0.25) is 0 Å². The Morgan fingerprint density at radius 3 is 2.76 bits per heavy atom. The Morgan fingerprint density at radius 1 is 1.29 bits per heavy atom. The van der Waals surface area contributed by atoms with E-state index in [1.54, 1.807) is 0 Å². The van der Waals surface area contributed by atoms with E-state index in [2.05, 4.69) is 12.2 Å². The molecule has 0 unspecified atom stereocenters. The van der Waals surface area contributed by atoms with Crippen molar-refractivity contribution in [3.8, 4) is 5.75 Å². The average molecular weight is 234 g/mol. The molecule has 1 N–H and O–H groups in total. The van der Waals surface area contributed by atoms with Gasteiger partial charge in [-0.15, -0.1) is 0 Å². The molecule has 1 aromatic carbocycles. The van der Waals surface area contributed by atoms with Gasteiger partial charge in [-0.3, -0.25) is 4.79 Å². The van der Waals surface area contributed by atoms with E-state index in [1.165, 1.54) is 6.92 Å². The van der Waals surface area contributed by atoms with Crippen molar-refractivity contribution in [1.29, 1.82) is 0 Å². The quantitative estimate of drug-likeness (QED) is 0.734. The lowest BCUT2D eigenvalue weighted by molar-refractivity contribution is -0.114. The number of para-hydroxylation sites is 2. The second-order valence-electron chi connectivity index (χ2n) is 3.94. The first-order chi connectivity index (χ1) is 8.24. The van der Waals surface area contributed by atoms with E-state index in [4.69, 9.17) is 4.74 Å². The van der Waals surface area contributed by atoms with Crippen molar-refractivity contribution in [3.63, 3.8) is 0 Å². The largest absolute Gasteiger partial charge is 0.491 e. The highest BCUT2D eigenvalue weighted by Gasteiger charge is 2.03. The first kappa shape index (κ1) is 13.6. The summed E-state index contributed by atoms with van der Waals surface area (Å²) < 4.78 is 5.65. The molecule has 0 spiro atoms. The maximum Gasteiger partial charge on any atom is 0.221 e. The van der Waals surface area contributed by atoms with Gasteiger partial charge >= 0.3 is 0 Å². The van der Waals surface area contributed by atoms with E-state index in [0.29, 0.717) is 6.61 Å². The predicted octanol–water partition coefficient (Wildman–Crippen LogP) is 3.42. The smallest absolute Gasteiger partial charge is 0.221 e. The number of carbonyl (C=O) groups excluding carboxylic acids is 1. The molecule has 3 heteroatoms. The van der Waals surface area contributed by atoms with Crippen LogP contribution < -0.4 is 10.1 Å². The molecule has 0 saturated heterocycles. The third-order valence-electron chi connectivity index (χ3n) is 2.35. The van der Waals surface area contributed by atoms with Gasteiger partial charge in [0.05, 0.1) is 12.3 Å². The highest BCUT2D eigenvalue weighted by molar-refractivity contribution is 5.90. The van der Waals surface area contributed by atoms with Gasteiger partial charge in [0.1, 0.15) is 5.75 Å². The SMILES string of the molecule is [CH2]CCCCCOc1ccccc1NC(C)=O. The molecule has 0 aliphatic carbocycles. The lowest BCUT2D eigenvalue weighted by Crippen LogP contribution is -2.08. The average Bonchev–Trinajstić information content (AvgIpc) is 2.30. The Kier molecular flexibility index (Phi) is 6.15. The lowest BCUT2D eigenvalue weighted by atomic mass is 10.2. The van der Waals surface area contributed by atoms with Crippen LogP contribution in [-0.2, 0) is 4.79 Å². The summed E-state index contributed by atoms with van der Waals surface area (Å²) in [5.74, 6) is 0.649. The Hall–Kier alpha value is -1.51. The van der Waals surface area contributed by atoms with Gasteiger partial charge in [0.15, 0.2) is 0 Å². The molecule has 1 amide bonds. The molecular weight excluding hydrogens is 214 g/mol. The zero-order chi connectivity index (χ0) is 12.5. The Labute approximate surface area is 103 Å². The maximum absolute atomic E-state index is 11.0. The molecule has 1 rings (SSSR count). The molecule has 0 aromatic heterocycles. The number of benzene rings is 1. The molecule has 1 radical (unpaired) electrons. The van der Waals surface area contributed by atoms with Crippen molar-refractivity contribution >= 4 is 11.6 Å². The monoisotopic (exact) mass is 234 g/mol. The van der Waals surface area contributed by atoms with Gasteiger partial charge in [0.2, 0.25) is 5.91 Å². The number of nitrogens with one attached hydrogen (secondary N) is 1. The van der Waals surface area contributed by atoms with Crippen molar-refractivity contribution in [3.05, 3.63) is 31.2 Å². The molecule has 3 nitrogen and oxygen atoms in total. The van der Waals surface area contributed by atoms with Crippen LogP contribution in [-0.4, -0.2) is 12.5 Å². The molecule has 0 bridgehead atoms. The molecule has 0 atom stereocenters. The lowest BCUT2D eigenvalue weighted by Gasteiger charge is -2.11. The van der Waals surface area contributed by atoms with Crippen LogP contribution in [0.25, 0.3) is 0 Å². The molecule has 0 saturated carbocycles. The fourth-order valence-electron chi connectivity index (χ4n) is 1.52. The van der Waals surface area contributed by atoms with Crippen LogP contribution >= 0.6 is 0 Å². The number of anilines is 1. The highest BCUT2D eigenvalue weighted by Crippen LogP contribution is 2.23. The Bertz CT molecular complexity index is 350. The van der Waals surface area contributed by atoms with Crippen LogP contribution in [0.4, 0.5) is 5.69 Å². The number of unbranched alkanes of at least 4 members (excludes halogenated alkanes) is 3. The van der Waals surface area contributed by atoms with Gasteiger partial charge in [-0.1, -0.05) is 38.3 Å². The summed E-state index contributed by atoms with van der Waals surface area (Å²) >= 11 is 0. The summed E-state index contributed by atoms with van der Waals surface area (Å²) in [6.07, 6.45) is 4.26. The van der Waals surface area contributed by atoms with E-state index in [-0.39, 0.29) is 5.91 Å². The molecule has 0 fully saturated rings. The van der Waals surface area contributed by atoms with E-state index in [1.807, 2.05) is 24.3 Å². The first-order valence-corrected chi connectivity index (χ1v) is 6.02. The molecule has 17 heavy (non-hydrogen) atoms. The third-order valence-corrected chi connectivity index (χ3v) is 2.35. The minimum Gasteiger partial charge on any atom is -0.491 e. The van der Waals surface area contributed by atoms with Crippen LogP contribution in [0.3, 0.4) is 0 Å².